The summed E-state index contributed by atoms with van der Waals surface area (Å²) in [5.41, 5.74) is 2.35. The van der Waals surface area contributed by atoms with Crippen LogP contribution in [0.3, 0.4) is 0 Å². The molecule has 0 unspecified atom stereocenters. The van der Waals surface area contributed by atoms with Gasteiger partial charge in [-0.15, -0.1) is 0 Å². The van der Waals surface area contributed by atoms with E-state index >= 15 is 0 Å². The van der Waals surface area contributed by atoms with Gasteiger partial charge in [-0.2, -0.15) is 0 Å². The van der Waals surface area contributed by atoms with Gasteiger partial charge in [-0.3, -0.25) is 0 Å². The van der Waals surface area contributed by atoms with Gasteiger partial charge in [0.25, 0.3) is 0 Å². The Hall–Kier alpha value is -2.27. The highest BCUT2D eigenvalue weighted by molar-refractivity contribution is 7.80. The predicted octanol–water partition coefficient (Wildman–Crippen LogP) is 3.48. The zero-order chi connectivity index (χ0) is 16.2. The number of nitrogens with zero attached hydrogens (tertiary/aromatic N) is 1. The van der Waals surface area contributed by atoms with Crippen molar-refractivity contribution in [2.24, 2.45) is 0 Å². The molecule has 1 aliphatic heterocycles. The Morgan fingerprint density at radius 3 is 2.70 bits per heavy atom. The highest BCUT2D eigenvalue weighted by Gasteiger charge is 2.15. The number of benzene rings is 2. The minimum atomic E-state index is 0.216. The average Bonchev–Trinajstić information content (AvgIpc) is 3.06. The highest BCUT2D eigenvalue weighted by Crippen LogP contribution is 2.32. The van der Waals surface area contributed by atoms with Crippen LogP contribution in [-0.4, -0.2) is 23.9 Å². The van der Waals surface area contributed by atoms with Gasteiger partial charge in [0.05, 0.1) is 6.04 Å². The Labute approximate surface area is 142 Å². The number of nitrogens with one attached hydrogen (secondary N) is 1. The molecule has 5 heteroatoms. The quantitative estimate of drug-likeness (QED) is 0.869. The van der Waals surface area contributed by atoms with Crippen LogP contribution in [0.25, 0.3) is 0 Å². The first-order chi connectivity index (χ1) is 11.1. The molecule has 1 heterocycles. The van der Waals surface area contributed by atoms with E-state index in [1.807, 2.05) is 43.4 Å². The molecule has 1 N–H and O–H groups in total. The van der Waals surface area contributed by atoms with Crippen LogP contribution < -0.4 is 14.8 Å². The number of thiocarbonyl (C=S) groups is 1. The van der Waals surface area contributed by atoms with Crippen LogP contribution in [0.1, 0.15) is 24.1 Å². The van der Waals surface area contributed by atoms with E-state index < -0.39 is 0 Å². The summed E-state index contributed by atoms with van der Waals surface area (Å²) in [4.78, 5) is 2.07. The summed E-state index contributed by atoms with van der Waals surface area (Å²) < 4.78 is 10.7. The molecular formula is C18H20N2O2S. The molecule has 1 aliphatic rings. The molecule has 23 heavy (non-hydrogen) atoms. The van der Waals surface area contributed by atoms with Crippen molar-refractivity contribution in [1.29, 1.82) is 0 Å². The van der Waals surface area contributed by atoms with Gasteiger partial charge in [0.2, 0.25) is 6.79 Å². The molecular weight excluding hydrogens is 308 g/mol. The van der Waals surface area contributed by atoms with E-state index in [1.165, 1.54) is 5.56 Å². The van der Waals surface area contributed by atoms with Crippen molar-refractivity contribution in [1.82, 2.24) is 10.2 Å². The summed E-state index contributed by atoms with van der Waals surface area (Å²) in [6.07, 6.45) is 0. The Balaban J connectivity index is 1.58. The molecule has 1 atom stereocenters. The molecule has 0 radical (unpaired) electrons. The monoisotopic (exact) mass is 328 g/mol. The molecule has 0 aromatic heterocycles. The van der Waals surface area contributed by atoms with E-state index in [-0.39, 0.29) is 6.04 Å². The summed E-state index contributed by atoms with van der Waals surface area (Å²) in [6.45, 7) is 3.09. The van der Waals surface area contributed by atoms with Crippen molar-refractivity contribution in [2.45, 2.75) is 19.5 Å². The van der Waals surface area contributed by atoms with Crippen molar-refractivity contribution in [3.63, 3.8) is 0 Å². The third kappa shape index (κ3) is 3.56. The first-order valence-corrected chi connectivity index (χ1v) is 8.00. The Morgan fingerprint density at radius 1 is 1.17 bits per heavy atom. The van der Waals surface area contributed by atoms with E-state index in [9.17, 15) is 0 Å². The van der Waals surface area contributed by atoms with Gasteiger partial charge in [0, 0.05) is 13.6 Å². The molecule has 4 nitrogen and oxygen atoms in total. The molecule has 0 bridgehead atoms. The zero-order valence-electron chi connectivity index (χ0n) is 13.3. The molecule has 2 aromatic carbocycles. The maximum absolute atomic E-state index is 5.51. The molecule has 3 rings (SSSR count). The van der Waals surface area contributed by atoms with Crippen LogP contribution in [0.15, 0.2) is 48.5 Å². The topological polar surface area (TPSA) is 33.7 Å². The third-order valence-electron chi connectivity index (χ3n) is 4.06. The van der Waals surface area contributed by atoms with Crippen molar-refractivity contribution in [2.75, 3.05) is 13.8 Å². The number of hydrogen-bond donors (Lipinski definition) is 1. The van der Waals surface area contributed by atoms with Gasteiger partial charge >= 0.3 is 0 Å². The van der Waals surface area contributed by atoms with Gasteiger partial charge in [-0.25, -0.2) is 0 Å². The highest BCUT2D eigenvalue weighted by atomic mass is 32.1. The van der Waals surface area contributed by atoms with Crippen molar-refractivity contribution >= 4 is 17.3 Å². The lowest BCUT2D eigenvalue weighted by Gasteiger charge is -2.28. The molecule has 2 aromatic rings. The minimum absolute atomic E-state index is 0.216. The molecule has 0 saturated heterocycles. The summed E-state index contributed by atoms with van der Waals surface area (Å²) in [7, 11) is 2.01. The summed E-state index contributed by atoms with van der Waals surface area (Å²) in [5.74, 6) is 1.59. The van der Waals surface area contributed by atoms with E-state index in [0.717, 1.165) is 22.2 Å². The molecule has 0 spiro atoms. The van der Waals surface area contributed by atoms with Gasteiger partial charge in [-0.1, -0.05) is 36.4 Å². The van der Waals surface area contributed by atoms with E-state index in [0.29, 0.717) is 13.3 Å². The lowest BCUT2D eigenvalue weighted by Crippen LogP contribution is -2.38. The molecule has 0 aliphatic carbocycles. The lowest BCUT2D eigenvalue weighted by atomic mass is 10.1. The van der Waals surface area contributed by atoms with Crippen LogP contribution in [-0.2, 0) is 6.54 Å². The second-order valence-electron chi connectivity index (χ2n) is 5.54. The summed E-state index contributed by atoms with van der Waals surface area (Å²) in [5, 5.41) is 4.02. The lowest BCUT2D eigenvalue weighted by molar-refractivity contribution is 0.174. The van der Waals surface area contributed by atoms with Crippen LogP contribution in [0, 0.1) is 0 Å². The minimum Gasteiger partial charge on any atom is -0.454 e. The Kier molecular flexibility index (Phi) is 4.67. The van der Waals surface area contributed by atoms with Crippen LogP contribution >= 0.6 is 12.2 Å². The van der Waals surface area contributed by atoms with Crippen molar-refractivity contribution in [3.05, 3.63) is 59.7 Å². The number of hydrogen-bond acceptors (Lipinski definition) is 3. The van der Waals surface area contributed by atoms with Crippen molar-refractivity contribution < 1.29 is 9.47 Å². The summed E-state index contributed by atoms with van der Waals surface area (Å²) >= 11 is 5.51. The van der Waals surface area contributed by atoms with Gasteiger partial charge in [0.15, 0.2) is 16.6 Å². The molecule has 0 saturated carbocycles. The van der Waals surface area contributed by atoms with E-state index in [2.05, 4.69) is 29.3 Å². The first kappa shape index (κ1) is 15.6. The normalized spacial score (nSPS) is 13.5. The van der Waals surface area contributed by atoms with Gasteiger partial charge in [0.1, 0.15) is 0 Å². The van der Waals surface area contributed by atoms with E-state index in [1.54, 1.807) is 0 Å². The predicted molar refractivity (Wildman–Crippen MR) is 94.6 cm³/mol. The van der Waals surface area contributed by atoms with E-state index in [4.69, 9.17) is 21.7 Å². The van der Waals surface area contributed by atoms with Crippen LogP contribution in [0.2, 0.25) is 0 Å². The van der Waals surface area contributed by atoms with Gasteiger partial charge < -0.3 is 19.7 Å². The largest absolute Gasteiger partial charge is 0.454 e. The second kappa shape index (κ2) is 6.87. The zero-order valence-corrected chi connectivity index (χ0v) is 14.1. The fourth-order valence-electron chi connectivity index (χ4n) is 2.48. The van der Waals surface area contributed by atoms with Crippen LogP contribution in [0.5, 0.6) is 11.5 Å². The maximum atomic E-state index is 5.51. The Morgan fingerprint density at radius 2 is 1.91 bits per heavy atom. The number of fused-ring (bicyclic) bond motifs is 1. The second-order valence-corrected chi connectivity index (χ2v) is 5.93. The average molecular weight is 328 g/mol. The SMILES string of the molecule is C[C@@H](c1ccccc1)N(C)C(=S)NCc1ccc2c(c1)OCO2. The van der Waals surface area contributed by atoms with Crippen LogP contribution in [0.4, 0.5) is 0 Å². The smallest absolute Gasteiger partial charge is 0.231 e. The molecule has 0 amide bonds. The summed E-state index contributed by atoms with van der Waals surface area (Å²) in [6, 6.07) is 16.5. The first-order valence-electron chi connectivity index (χ1n) is 7.59. The standard InChI is InChI=1S/C18H20N2O2S/c1-13(15-6-4-3-5-7-15)20(2)18(23)19-11-14-8-9-16-17(10-14)22-12-21-16/h3-10,13H,11-12H2,1-2H3,(H,19,23)/t13-/m0/s1. The molecule has 0 fully saturated rings. The molecule has 120 valence electrons. The fourth-order valence-corrected chi connectivity index (χ4v) is 2.71. The third-order valence-corrected chi connectivity index (χ3v) is 4.50. The fraction of sp³-hybridized carbons (Fsp3) is 0.278. The Bertz CT molecular complexity index is 691. The number of ether oxygens (including phenoxy) is 2. The number of rotatable bonds is 4. The van der Waals surface area contributed by atoms with Gasteiger partial charge in [-0.05, 0) is 42.4 Å². The maximum Gasteiger partial charge on any atom is 0.231 e. The van der Waals surface area contributed by atoms with Crippen molar-refractivity contribution in [3.8, 4) is 11.5 Å².